The SMILES string of the molecule is COc1cc(-c2cc(O[C@H](C)C3CNC(=O)C3)c3cccnc3c2)ccc1O. The summed E-state index contributed by atoms with van der Waals surface area (Å²) < 4.78 is 11.5. The molecule has 1 saturated heterocycles. The Morgan fingerprint density at radius 1 is 1.18 bits per heavy atom. The van der Waals surface area contributed by atoms with Crippen LogP contribution in [0.3, 0.4) is 0 Å². The second kappa shape index (κ2) is 7.38. The van der Waals surface area contributed by atoms with Crippen LogP contribution >= 0.6 is 0 Å². The molecule has 1 aliphatic heterocycles. The number of aromatic hydroxyl groups is 1. The molecule has 6 heteroatoms. The number of carbonyl (C=O) groups excluding carboxylic acids is 1. The highest BCUT2D eigenvalue weighted by molar-refractivity contribution is 5.90. The lowest BCUT2D eigenvalue weighted by Crippen LogP contribution is -2.25. The van der Waals surface area contributed by atoms with Crippen molar-refractivity contribution in [2.24, 2.45) is 5.92 Å². The van der Waals surface area contributed by atoms with E-state index in [0.717, 1.165) is 27.8 Å². The van der Waals surface area contributed by atoms with Crippen LogP contribution in [0, 0.1) is 5.92 Å². The molecule has 2 atom stereocenters. The molecule has 1 amide bonds. The fraction of sp³-hybridized carbons (Fsp3) is 0.273. The molecule has 0 aliphatic carbocycles. The largest absolute Gasteiger partial charge is 0.504 e. The fourth-order valence-electron chi connectivity index (χ4n) is 3.53. The number of benzene rings is 2. The quantitative estimate of drug-likeness (QED) is 0.710. The Labute approximate surface area is 163 Å². The van der Waals surface area contributed by atoms with Gasteiger partial charge < -0.3 is 19.9 Å². The minimum Gasteiger partial charge on any atom is -0.504 e. The molecule has 0 radical (unpaired) electrons. The van der Waals surface area contributed by atoms with Crippen LogP contribution in [0.4, 0.5) is 0 Å². The van der Waals surface area contributed by atoms with E-state index in [1.807, 2.05) is 37.3 Å². The smallest absolute Gasteiger partial charge is 0.220 e. The molecular weight excluding hydrogens is 356 g/mol. The Morgan fingerprint density at radius 2 is 2.00 bits per heavy atom. The third-order valence-corrected chi connectivity index (χ3v) is 5.18. The van der Waals surface area contributed by atoms with Crippen molar-refractivity contribution >= 4 is 16.8 Å². The monoisotopic (exact) mass is 378 g/mol. The predicted molar refractivity (Wildman–Crippen MR) is 107 cm³/mol. The number of fused-ring (bicyclic) bond motifs is 1. The molecule has 6 nitrogen and oxygen atoms in total. The molecule has 1 aromatic heterocycles. The van der Waals surface area contributed by atoms with Crippen molar-refractivity contribution in [2.75, 3.05) is 13.7 Å². The predicted octanol–water partition coefficient (Wildman–Crippen LogP) is 3.52. The minimum absolute atomic E-state index is 0.0666. The van der Waals surface area contributed by atoms with Crippen LogP contribution in [-0.4, -0.2) is 35.8 Å². The van der Waals surface area contributed by atoms with Crippen LogP contribution in [0.1, 0.15) is 13.3 Å². The average molecular weight is 378 g/mol. The summed E-state index contributed by atoms with van der Waals surface area (Å²) in [6.45, 7) is 2.62. The molecule has 2 aromatic carbocycles. The maximum atomic E-state index is 11.5. The lowest BCUT2D eigenvalue weighted by Gasteiger charge is -2.21. The molecule has 0 spiro atoms. The molecule has 0 bridgehead atoms. The maximum Gasteiger partial charge on any atom is 0.220 e. The molecule has 2 N–H and O–H groups in total. The van der Waals surface area contributed by atoms with Gasteiger partial charge in [0.25, 0.3) is 0 Å². The molecule has 4 rings (SSSR count). The number of hydrogen-bond acceptors (Lipinski definition) is 5. The summed E-state index contributed by atoms with van der Waals surface area (Å²) >= 11 is 0. The molecule has 1 unspecified atom stereocenters. The van der Waals surface area contributed by atoms with Crippen molar-refractivity contribution in [2.45, 2.75) is 19.4 Å². The van der Waals surface area contributed by atoms with Crippen LogP contribution in [-0.2, 0) is 4.79 Å². The van der Waals surface area contributed by atoms with Crippen molar-refractivity contribution in [3.63, 3.8) is 0 Å². The number of carbonyl (C=O) groups is 1. The summed E-state index contributed by atoms with van der Waals surface area (Å²) in [6, 6.07) is 13.0. The van der Waals surface area contributed by atoms with Crippen LogP contribution in [0.15, 0.2) is 48.7 Å². The van der Waals surface area contributed by atoms with Gasteiger partial charge in [-0.05, 0) is 54.4 Å². The van der Waals surface area contributed by atoms with Crippen molar-refractivity contribution in [3.8, 4) is 28.4 Å². The second-order valence-corrected chi connectivity index (χ2v) is 7.02. The Hall–Kier alpha value is -3.28. The van der Waals surface area contributed by atoms with Gasteiger partial charge in [0.2, 0.25) is 5.91 Å². The topological polar surface area (TPSA) is 80.7 Å². The number of amides is 1. The third kappa shape index (κ3) is 3.45. The van der Waals surface area contributed by atoms with Gasteiger partial charge in [-0.2, -0.15) is 0 Å². The van der Waals surface area contributed by atoms with Gasteiger partial charge in [0.05, 0.1) is 12.6 Å². The number of phenols is 1. The van der Waals surface area contributed by atoms with Crippen LogP contribution in [0.5, 0.6) is 17.2 Å². The number of methoxy groups -OCH3 is 1. The summed E-state index contributed by atoms with van der Waals surface area (Å²) in [6.07, 6.45) is 2.11. The summed E-state index contributed by atoms with van der Waals surface area (Å²) in [7, 11) is 1.52. The van der Waals surface area contributed by atoms with Crippen molar-refractivity contribution in [1.82, 2.24) is 10.3 Å². The van der Waals surface area contributed by atoms with E-state index >= 15 is 0 Å². The first-order valence-electron chi connectivity index (χ1n) is 9.24. The molecule has 3 aromatic rings. The normalized spacial score (nSPS) is 17.4. The zero-order valence-corrected chi connectivity index (χ0v) is 15.8. The lowest BCUT2D eigenvalue weighted by atomic mass is 10.0. The van der Waals surface area contributed by atoms with Gasteiger partial charge >= 0.3 is 0 Å². The Kier molecular flexibility index (Phi) is 4.77. The van der Waals surface area contributed by atoms with Gasteiger partial charge in [0, 0.05) is 30.5 Å². The van der Waals surface area contributed by atoms with Crippen LogP contribution < -0.4 is 14.8 Å². The van der Waals surface area contributed by atoms with Crippen LogP contribution in [0.2, 0.25) is 0 Å². The van der Waals surface area contributed by atoms with E-state index in [-0.39, 0.29) is 23.7 Å². The average Bonchev–Trinajstić information content (AvgIpc) is 3.15. The summed E-state index contributed by atoms with van der Waals surface area (Å²) in [5, 5.41) is 13.7. The molecule has 28 heavy (non-hydrogen) atoms. The Balaban J connectivity index is 1.74. The highest BCUT2D eigenvalue weighted by Gasteiger charge is 2.28. The molecule has 1 fully saturated rings. The van der Waals surface area contributed by atoms with E-state index in [9.17, 15) is 9.90 Å². The van der Waals surface area contributed by atoms with E-state index in [4.69, 9.17) is 9.47 Å². The molecular formula is C22H22N2O4. The van der Waals surface area contributed by atoms with Gasteiger partial charge in [-0.3, -0.25) is 9.78 Å². The van der Waals surface area contributed by atoms with Crippen molar-refractivity contribution in [3.05, 3.63) is 48.7 Å². The first-order chi connectivity index (χ1) is 13.5. The van der Waals surface area contributed by atoms with Crippen molar-refractivity contribution < 1.29 is 19.4 Å². The molecule has 2 heterocycles. The van der Waals surface area contributed by atoms with E-state index in [1.165, 1.54) is 7.11 Å². The number of nitrogens with zero attached hydrogens (tertiary/aromatic N) is 1. The van der Waals surface area contributed by atoms with Crippen LogP contribution in [0.25, 0.3) is 22.0 Å². The van der Waals surface area contributed by atoms with Gasteiger partial charge in [0.1, 0.15) is 11.9 Å². The van der Waals surface area contributed by atoms with E-state index in [1.54, 1.807) is 18.3 Å². The van der Waals surface area contributed by atoms with E-state index < -0.39 is 0 Å². The standard InChI is InChI=1S/C22H22N2O4/c1-13(16-11-22(26)24-12-16)28-20-10-15(8-18-17(20)4-3-7-23-18)14-5-6-19(25)21(9-14)27-2/h3-10,13,16,25H,11-12H2,1-2H3,(H,24,26)/t13-,16?/m1/s1. The molecule has 1 aliphatic rings. The summed E-state index contributed by atoms with van der Waals surface area (Å²) in [4.78, 5) is 16.0. The first-order valence-corrected chi connectivity index (χ1v) is 9.24. The fourth-order valence-corrected chi connectivity index (χ4v) is 3.53. The molecule has 144 valence electrons. The molecule has 0 saturated carbocycles. The van der Waals surface area contributed by atoms with E-state index in [2.05, 4.69) is 10.3 Å². The minimum atomic E-state index is -0.119. The summed E-state index contributed by atoms with van der Waals surface area (Å²) in [5.41, 5.74) is 2.61. The van der Waals surface area contributed by atoms with Gasteiger partial charge in [-0.1, -0.05) is 6.07 Å². The number of hydrogen-bond donors (Lipinski definition) is 2. The zero-order valence-electron chi connectivity index (χ0n) is 15.8. The number of ether oxygens (including phenoxy) is 2. The zero-order chi connectivity index (χ0) is 19.7. The van der Waals surface area contributed by atoms with Gasteiger partial charge in [0.15, 0.2) is 11.5 Å². The number of pyridine rings is 1. The summed E-state index contributed by atoms with van der Waals surface area (Å²) in [5.74, 6) is 1.42. The van der Waals surface area contributed by atoms with Gasteiger partial charge in [-0.15, -0.1) is 0 Å². The van der Waals surface area contributed by atoms with E-state index in [0.29, 0.717) is 18.7 Å². The first kappa shape index (κ1) is 18.1. The second-order valence-electron chi connectivity index (χ2n) is 7.02. The lowest BCUT2D eigenvalue weighted by molar-refractivity contribution is -0.119. The number of aromatic nitrogens is 1. The number of phenolic OH excluding ortho intramolecular Hbond substituents is 1. The van der Waals surface area contributed by atoms with Gasteiger partial charge in [-0.25, -0.2) is 0 Å². The van der Waals surface area contributed by atoms with Crippen molar-refractivity contribution in [1.29, 1.82) is 0 Å². The maximum absolute atomic E-state index is 11.5. The number of nitrogens with one attached hydrogen (secondary N) is 1. The third-order valence-electron chi connectivity index (χ3n) is 5.18. The Morgan fingerprint density at radius 3 is 2.75 bits per heavy atom. The highest BCUT2D eigenvalue weighted by atomic mass is 16.5. The number of rotatable bonds is 5. The highest BCUT2D eigenvalue weighted by Crippen LogP contribution is 2.36. The Bertz CT molecular complexity index is 1030.